The minimum atomic E-state index is 0.464. The predicted molar refractivity (Wildman–Crippen MR) is 66.9 cm³/mol. The van der Waals surface area contributed by atoms with Crippen molar-refractivity contribution in [3.63, 3.8) is 0 Å². The fraction of sp³-hybridized carbons (Fsp3) is 0.571. The summed E-state index contributed by atoms with van der Waals surface area (Å²) in [4.78, 5) is 0. The van der Waals surface area contributed by atoms with E-state index in [1.165, 1.54) is 17.5 Å². The Morgan fingerprint density at radius 1 is 1.38 bits per heavy atom. The Hall–Kier alpha value is -1.02. The van der Waals surface area contributed by atoms with Gasteiger partial charge in [0.15, 0.2) is 0 Å². The lowest BCUT2D eigenvalue weighted by Gasteiger charge is -2.19. The summed E-state index contributed by atoms with van der Waals surface area (Å²) in [6.07, 6.45) is 2.23. The molecule has 0 fully saturated rings. The molecule has 2 heteroatoms. The van der Waals surface area contributed by atoms with E-state index in [9.17, 15) is 0 Å². The smallest absolute Gasteiger partial charge is 0.122 e. The van der Waals surface area contributed by atoms with Gasteiger partial charge in [-0.05, 0) is 36.6 Å². The number of fused-ring (bicyclic) bond motifs is 1. The summed E-state index contributed by atoms with van der Waals surface area (Å²) in [6, 6.07) is 7.06. The number of ether oxygens (including phenoxy) is 1. The average molecular weight is 219 g/mol. The van der Waals surface area contributed by atoms with Gasteiger partial charge in [-0.3, -0.25) is 0 Å². The molecule has 1 aliphatic rings. The third kappa shape index (κ3) is 2.38. The highest BCUT2D eigenvalue weighted by atomic mass is 16.5. The second kappa shape index (κ2) is 4.88. The molecule has 1 aromatic carbocycles. The van der Waals surface area contributed by atoms with E-state index >= 15 is 0 Å². The first kappa shape index (κ1) is 11.5. The number of benzene rings is 1. The van der Waals surface area contributed by atoms with Crippen LogP contribution in [0.5, 0.6) is 5.75 Å². The summed E-state index contributed by atoms with van der Waals surface area (Å²) in [6.45, 7) is 5.37. The minimum Gasteiger partial charge on any atom is -0.493 e. The summed E-state index contributed by atoms with van der Waals surface area (Å²) in [5, 5.41) is 3.40. The largest absolute Gasteiger partial charge is 0.493 e. The van der Waals surface area contributed by atoms with E-state index in [1.807, 2.05) is 7.05 Å². The summed E-state index contributed by atoms with van der Waals surface area (Å²) in [5.41, 5.74) is 2.75. The normalized spacial score (nSPS) is 16.0. The van der Waals surface area contributed by atoms with Gasteiger partial charge in [-0.15, -0.1) is 0 Å². The van der Waals surface area contributed by atoms with Crippen molar-refractivity contribution < 1.29 is 4.74 Å². The molecule has 0 aliphatic carbocycles. The molecule has 0 saturated heterocycles. The van der Waals surface area contributed by atoms with Gasteiger partial charge in [0, 0.05) is 12.5 Å². The van der Waals surface area contributed by atoms with Gasteiger partial charge in [0.2, 0.25) is 0 Å². The minimum absolute atomic E-state index is 0.464. The van der Waals surface area contributed by atoms with Gasteiger partial charge in [0.05, 0.1) is 6.61 Å². The van der Waals surface area contributed by atoms with Crippen LogP contribution in [0.4, 0.5) is 0 Å². The lowest BCUT2D eigenvalue weighted by molar-refractivity contribution is 0.356. The molecule has 2 nitrogen and oxygen atoms in total. The fourth-order valence-electron chi connectivity index (χ4n) is 2.32. The Labute approximate surface area is 98.0 Å². The lowest BCUT2D eigenvalue weighted by atomic mass is 9.95. The Morgan fingerprint density at radius 2 is 2.19 bits per heavy atom. The van der Waals surface area contributed by atoms with Crippen LogP contribution >= 0.6 is 0 Å². The van der Waals surface area contributed by atoms with E-state index in [-0.39, 0.29) is 0 Å². The second-order valence-corrected chi connectivity index (χ2v) is 4.94. The van der Waals surface area contributed by atoms with Crippen molar-refractivity contribution in [3.05, 3.63) is 29.3 Å². The fourth-order valence-corrected chi connectivity index (χ4v) is 2.32. The van der Waals surface area contributed by atoms with Gasteiger partial charge in [-0.25, -0.2) is 0 Å². The number of hydrogen-bond acceptors (Lipinski definition) is 2. The molecule has 1 atom stereocenters. The molecule has 0 spiro atoms. The molecular weight excluding hydrogens is 198 g/mol. The Balaban J connectivity index is 2.18. The molecule has 1 aliphatic heterocycles. The molecule has 0 aromatic heterocycles. The quantitative estimate of drug-likeness (QED) is 0.840. The van der Waals surface area contributed by atoms with Crippen LogP contribution in [0.2, 0.25) is 0 Å². The molecule has 0 saturated carbocycles. The SMILES string of the molecule is CNC(CC(C)C)c1ccc2c(c1)CCO2. The Bertz CT molecular complexity index is 360. The number of hydrogen-bond donors (Lipinski definition) is 1. The van der Waals surface area contributed by atoms with E-state index in [0.717, 1.165) is 18.8 Å². The average Bonchev–Trinajstić information content (AvgIpc) is 2.72. The van der Waals surface area contributed by atoms with Gasteiger partial charge in [-0.1, -0.05) is 26.0 Å². The predicted octanol–water partition coefficient (Wildman–Crippen LogP) is 2.93. The monoisotopic (exact) mass is 219 g/mol. The molecular formula is C14H21NO. The molecule has 1 heterocycles. The molecule has 1 N–H and O–H groups in total. The zero-order valence-corrected chi connectivity index (χ0v) is 10.4. The highest BCUT2D eigenvalue weighted by molar-refractivity contribution is 5.40. The van der Waals surface area contributed by atoms with Crippen molar-refractivity contribution in [3.8, 4) is 5.75 Å². The third-order valence-corrected chi connectivity index (χ3v) is 3.17. The first-order valence-corrected chi connectivity index (χ1v) is 6.13. The highest BCUT2D eigenvalue weighted by Gasteiger charge is 2.16. The van der Waals surface area contributed by atoms with E-state index in [2.05, 4.69) is 37.4 Å². The summed E-state index contributed by atoms with van der Waals surface area (Å²) < 4.78 is 5.53. The van der Waals surface area contributed by atoms with Crippen molar-refractivity contribution in [2.75, 3.05) is 13.7 Å². The molecule has 0 amide bonds. The maximum atomic E-state index is 5.53. The zero-order valence-electron chi connectivity index (χ0n) is 10.4. The Kier molecular flexibility index (Phi) is 3.49. The summed E-state index contributed by atoms with van der Waals surface area (Å²) in [7, 11) is 2.04. The lowest BCUT2D eigenvalue weighted by Crippen LogP contribution is -2.18. The van der Waals surface area contributed by atoms with Crippen molar-refractivity contribution in [1.82, 2.24) is 5.32 Å². The topological polar surface area (TPSA) is 21.3 Å². The van der Waals surface area contributed by atoms with Crippen molar-refractivity contribution in [2.45, 2.75) is 32.7 Å². The maximum absolute atomic E-state index is 5.53. The standard InChI is InChI=1S/C14H21NO/c1-10(2)8-13(15-3)11-4-5-14-12(9-11)6-7-16-14/h4-5,9-10,13,15H,6-8H2,1-3H3. The van der Waals surface area contributed by atoms with E-state index in [4.69, 9.17) is 4.74 Å². The molecule has 88 valence electrons. The van der Waals surface area contributed by atoms with Crippen LogP contribution in [-0.2, 0) is 6.42 Å². The van der Waals surface area contributed by atoms with Crippen LogP contribution in [0, 0.1) is 5.92 Å². The Morgan fingerprint density at radius 3 is 2.88 bits per heavy atom. The number of nitrogens with one attached hydrogen (secondary N) is 1. The van der Waals surface area contributed by atoms with Crippen LogP contribution in [0.3, 0.4) is 0 Å². The van der Waals surface area contributed by atoms with E-state index in [1.54, 1.807) is 0 Å². The molecule has 1 aromatic rings. The van der Waals surface area contributed by atoms with Gasteiger partial charge in [0.25, 0.3) is 0 Å². The van der Waals surface area contributed by atoms with Crippen LogP contribution in [0.1, 0.15) is 37.4 Å². The van der Waals surface area contributed by atoms with Crippen molar-refractivity contribution >= 4 is 0 Å². The third-order valence-electron chi connectivity index (χ3n) is 3.17. The van der Waals surface area contributed by atoms with Gasteiger partial charge in [0.1, 0.15) is 5.75 Å². The van der Waals surface area contributed by atoms with Gasteiger partial charge >= 0.3 is 0 Å². The molecule has 16 heavy (non-hydrogen) atoms. The van der Waals surface area contributed by atoms with Gasteiger partial charge in [-0.2, -0.15) is 0 Å². The first-order chi connectivity index (χ1) is 7.70. The summed E-state index contributed by atoms with van der Waals surface area (Å²) in [5.74, 6) is 1.78. The van der Waals surface area contributed by atoms with Crippen LogP contribution in [-0.4, -0.2) is 13.7 Å². The molecule has 0 bridgehead atoms. The van der Waals surface area contributed by atoms with Gasteiger partial charge < -0.3 is 10.1 Å². The molecule has 2 rings (SSSR count). The van der Waals surface area contributed by atoms with E-state index < -0.39 is 0 Å². The number of rotatable bonds is 4. The van der Waals surface area contributed by atoms with Crippen LogP contribution in [0.15, 0.2) is 18.2 Å². The first-order valence-electron chi connectivity index (χ1n) is 6.13. The second-order valence-electron chi connectivity index (χ2n) is 4.94. The maximum Gasteiger partial charge on any atom is 0.122 e. The van der Waals surface area contributed by atoms with Crippen molar-refractivity contribution in [1.29, 1.82) is 0 Å². The molecule has 1 unspecified atom stereocenters. The summed E-state index contributed by atoms with van der Waals surface area (Å²) >= 11 is 0. The van der Waals surface area contributed by atoms with Crippen LogP contribution < -0.4 is 10.1 Å². The van der Waals surface area contributed by atoms with E-state index in [0.29, 0.717) is 12.0 Å². The molecule has 0 radical (unpaired) electrons. The van der Waals surface area contributed by atoms with Crippen molar-refractivity contribution in [2.24, 2.45) is 5.92 Å². The van der Waals surface area contributed by atoms with Crippen LogP contribution in [0.25, 0.3) is 0 Å². The highest BCUT2D eigenvalue weighted by Crippen LogP contribution is 2.29. The zero-order chi connectivity index (χ0) is 11.5.